The molecule has 0 saturated carbocycles. The number of rotatable bonds is 7. The van der Waals surface area contributed by atoms with E-state index in [9.17, 15) is 0 Å². The maximum atomic E-state index is 5.31. The highest BCUT2D eigenvalue weighted by atomic mass is 16.5. The number of piperazine rings is 1. The van der Waals surface area contributed by atoms with Crippen LogP contribution in [-0.2, 0) is 4.74 Å². The van der Waals surface area contributed by atoms with E-state index in [0.717, 1.165) is 13.2 Å². The summed E-state index contributed by atoms with van der Waals surface area (Å²) in [4.78, 5) is 4.91. The maximum Gasteiger partial charge on any atom is 0.0616 e. The number of likely N-dealkylation sites (N-methyl/N-ethyl adjacent to an activating group) is 2. The van der Waals surface area contributed by atoms with E-state index in [0.29, 0.717) is 12.1 Å². The Kier molecular flexibility index (Phi) is 7.04. The third-order valence-corrected chi connectivity index (χ3v) is 3.59. The van der Waals surface area contributed by atoms with Crippen molar-refractivity contribution < 1.29 is 4.74 Å². The molecule has 1 fully saturated rings. The van der Waals surface area contributed by atoms with Gasteiger partial charge < -0.3 is 19.9 Å². The molecule has 4 nitrogen and oxygen atoms in total. The number of nitrogens with one attached hydrogen (secondary N) is 1. The molecule has 102 valence electrons. The van der Waals surface area contributed by atoms with Gasteiger partial charge in [-0.05, 0) is 33.5 Å². The Bertz CT molecular complexity index is 201. The molecule has 2 atom stereocenters. The van der Waals surface area contributed by atoms with Gasteiger partial charge in [-0.15, -0.1) is 0 Å². The van der Waals surface area contributed by atoms with E-state index in [1.54, 1.807) is 7.11 Å². The second-order valence-corrected chi connectivity index (χ2v) is 5.24. The zero-order valence-electron chi connectivity index (χ0n) is 11.9. The lowest BCUT2D eigenvalue weighted by atomic mass is 10.0. The van der Waals surface area contributed by atoms with E-state index < -0.39 is 0 Å². The second-order valence-electron chi connectivity index (χ2n) is 5.24. The van der Waals surface area contributed by atoms with Crippen molar-refractivity contribution >= 4 is 0 Å². The van der Waals surface area contributed by atoms with E-state index in [2.05, 4.69) is 36.1 Å². The van der Waals surface area contributed by atoms with Crippen LogP contribution in [0.15, 0.2) is 0 Å². The fourth-order valence-corrected chi connectivity index (χ4v) is 2.44. The summed E-state index contributed by atoms with van der Waals surface area (Å²) in [6, 6.07) is 1.14. The average molecular weight is 243 g/mol. The lowest BCUT2D eigenvalue weighted by Gasteiger charge is -2.39. The SMILES string of the molecule is CCCNC(COC)CC1CN(C)CCN1C. The summed E-state index contributed by atoms with van der Waals surface area (Å²) in [6.45, 7) is 7.63. The molecule has 0 aromatic carbocycles. The molecule has 2 unspecified atom stereocenters. The fourth-order valence-electron chi connectivity index (χ4n) is 2.44. The highest BCUT2D eigenvalue weighted by Crippen LogP contribution is 2.12. The highest BCUT2D eigenvalue weighted by Gasteiger charge is 2.24. The highest BCUT2D eigenvalue weighted by molar-refractivity contribution is 4.83. The van der Waals surface area contributed by atoms with Crippen LogP contribution >= 0.6 is 0 Å². The van der Waals surface area contributed by atoms with Gasteiger partial charge in [0, 0.05) is 38.8 Å². The topological polar surface area (TPSA) is 27.7 Å². The number of hydrogen-bond donors (Lipinski definition) is 1. The summed E-state index contributed by atoms with van der Waals surface area (Å²) in [5.74, 6) is 0. The van der Waals surface area contributed by atoms with E-state index in [4.69, 9.17) is 4.74 Å². The standard InChI is InChI=1S/C13H29N3O/c1-5-6-14-12(11-17-4)9-13-10-15(2)7-8-16(13)3/h12-14H,5-11H2,1-4H3. The first-order chi connectivity index (χ1) is 8.17. The zero-order valence-corrected chi connectivity index (χ0v) is 11.9. The number of nitrogens with zero attached hydrogens (tertiary/aromatic N) is 2. The van der Waals surface area contributed by atoms with Crippen molar-refractivity contribution in [2.75, 3.05) is 54.0 Å². The van der Waals surface area contributed by atoms with E-state index >= 15 is 0 Å². The molecule has 4 heteroatoms. The number of hydrogen-bond acceptors (Lipinski definition) is 4. The van der Waals surface area contributed by atoms with E-state index in [-0.39, 0.29) is 0 Å². The first-order valence-electron chi connectivity index (χ1n) is 6.78. The molecule has 1 heterocycles. The normalized spacial score (nSPS) is 25.1. The van der Waals surface area contributed by atoms with Crippen molar-refractivity contribution in [3.63, 3.8) is 0 Å². The molecule has 1 aliphatic heterocycles. The quantitative estimate of drug-likeness (QED) is 0.710. The van der Waals surface area contributed by atoms with Gasteiger partial charge in [0.25, 0.3) is 0 Å². The van der Waals surface area contributed by atoms with Crippen molar-refractivity contribution in [2.24, 2.45) is 0 Å². The molecule has 1 rings (SSSR count). The molecule has 1 N–H and O–H groups in total. The second kappa shape index (κ2) is 8.03. The first-order valence-corrected chi connectivity index (χ1v) is 6.78. The molecule has 0 aliphatic carbocycles. The molecule has 0 amide bonds. The van der Waals surface area contributed by atoms with E-state index in [1.165, 1.54) is 32.5 Å². The molecular formula is C13H29N3O. The van der Waals surface area contributed by atoms with Gasteiger partial charge in [0.1, 0.15) is 0 Å². The Morgan fingerprint density at radius 1 is 1.35 bits per heavy atom. The molecule has 1 aliphatic rings. The Morgan fingerprint density at radius 2 is 2.12 bits per heavy atom. The van der Waals surface area contributed by atoms with Crippen LogP contribution < -0.4 is 5.32 Å². The molecular weight excluding hydrogens is 214 g/mol. The van der Waals surface area contributed by atoms with Crippen LogP contribution in [0.1, 0.15) is 19.8 Å². The van der Waals surface area contributed by atoms with Gasteiger partial charge in [-0.1, -0.05) is 6.92 Å². The fraction of sp³-hybridized carbons (Fsp3) is 1.00. The number of methoxy groups -OCH3 is 1. The van der Waals surface area contributed by atoms with E-state index in [1.807, 2.05) is 0 Å². The van der Waals surface area contributed by atoms with Crippen LogP contribution in [0.5, 0.6) is 0 Å². The summed E-state index contributed by atoms with van der Waals surface area (Å²) >= 11 is 0. The summed E-state index contributed by atoms with van der Waals surface area (Å²) in [5, 5.41) is 3.58. The molecule has 17 heavy (non-hydrogen) atoms. The van der Waals surface area contributed by atoms with Gasteiger partial charge in [-0.25, -0.2) is 0 Å². The predicted molar refractivity (Wildman–Crippen MR) is 72.5 cm³/mol. The Balaban J connectivity index is 2.40. The summed E-state index contributed by atoms with van der Waals surface area (Å²) in [7, 11) is 6.24. The lowest BCUT2D eigenvalue weighted by molar-refractivity contribution is 0.0849. The molecule has 0 aromatic heterocycles. The van der Waals surface area contributed by atoms with Crippen LogP contribution in [0.3, 0.4) is 0 Å². The molecule has 0 bridgehead atoms. The van der Waals surface area contributed by atoms with Crippen LogP contribution in [0.4, 0.5) is 0 Å². The molecule has 0 aromatic rings. The monoisotopic (exact) mass is 243 g/mol. The Morgan fingerprint density at radius 3 is 2.76 bits per heavy atom. The third-order valence-electron chi connectivity index (χ3n) is 3.59. The molecule has 0 spiro atoms. The van der Waals surface area contributed by atoms with Gasteiger partial charge in [-0.2, -0.15) is 0 Å². The molecule has 1 saturated heterocycles. The van der Waals surface area contributed by atoms with Crippen LogP contribution in [0, 0.1) is 0 Å². The largest absolute Gasteiger partial charge is 0.383 e. The zero-order chi connectivity index (χ0) is 12.7. The van der Waals surface area contributed by atoms with Gasteiger partial charge in [0.2, 0.25) is 0 Å². The average Bonchev–Trinajstić information content (AvgIpc) is 2.31. The van der Waals surface area contributed by atoms with Crippen LogP contribution in [0.25, 0.3) is 0 Å². The molecule has 0 radical (unpaired) electrons. The minimum Gasteiger partial charge on any atom is -0.383 e. The summed E-state index contributed by atoms with van der Waals surface area (Å²) in [6.07, 6.45) is 2.36. The Hall–Kier alpha value is -0.160. The number of ether oxygens (including phenoxy) is 1. The third kappa shape index (κ3) is 5.34. The van der Waals surface area contributed by atoms with Crippen LogP contribution in [-0.4, -0.2) is 75.9 Å². The van der Waals surface area contributed by atoms with Crippen LogP contribution in [0.2, 0.25) is 0 Å². The van der Waals surface area contributed by atoms with Gasteiger partial charge in [0.15, 0.2) is 0 Å². The van der Waals surface area contributed by atoms with Crippen molar-refractivity contribution in [3.05, 3.63) is 0 Å². The van der Waals surface area contributed by atoms with Gasteiger partial charge in [0.05, 0.1) is 6.61 Å². The predicted octanol–water partition coefficient (Wildman–Crippen LogP) is 0.637. The lowest BCUT2D eigenvalue weighted by Crippen LogP contribution is -2.52. The smallest absolute Gasteiger partial charge is 0.0616 e. The Labute approximate surface area is 106 Å². The summed E-state index contributed by atoms with van der Waals surface area (Å²) < 4.78 is 5.31. The van der Waals surface area contributed by atoms with Crippen molar-refractivity contribution in [1.82, 2.24) is 15.1 Å². The van der Waals surface area contributed by atoms with Crippen molar-refractivity contribution in [2.45, 2.75) is 31.8 Å². The van der Waals surface area contributed by atoms with Crippen molar-refractivity contribution in [1.29, 1.82) is 0 Å². The maximum absolute atomic E-state index is 5.31. The minimum absolute atomic E-state index is 0.485. The first kappa shape index (κ1) is 14.9. The van der Waals surface area contributed by atoms with Gasteiger partial charge >= 0.3 is 0 Å². The van der Waals surface area contributed by atoms with Crippen molar-refractivity contribution in [3.8, 4) is 0 Å². The summed E-state index contributed by atoms with van der Waals surface area (Å²) in [5.41, 5.74) is 0. The minimum atomic E-state index is 0.485. The van der Waals surface area contributed by atoms with Gasteiger partial charge in [-0.3, -0.25) is 0 Å².